The topological polar surface area (TPSA) is 347 Å². The maximum absolute atomic E-state index is 14.8. The molecule has 96 heavy (non-hydrogen) atoms. The number of aliphatic hydroxyl groups is 1. The number of carbonyl (C=O) groups excluding carboxylic acids is 11. The van der Waals surface area contributed by atoms with Crippen LogP contribution in [0.2, 0.25) is 0 Å². The first kappa shape index (κ1) is 81.4. The van der Waals surface area contributed by atoms with Crippen LogP contribution in [0, 0.1) is 29.6 Å². The largest absolute Gasteiger partial charge is 0.445 e. The number of urea groups is 1. The van der Waals surface area contributed by atoms with Crippen molar-refractivity contribution < 1.29 is 72.1 Å². The lowest BCUT2D eigenvalue weighted by Crippen LogP contribution is -2.60. The van der Waals surface area contributed by atoms with Gasteiger partial charge in [-0.15, -0.1) is 0 Å². The van der Waals surface area contributed by atoms with E-state index in [4.69, 9.17) is 19.9 Å². The molecular weight excluding hydrogens is 1370 g/mol. The third-order valence-corrected chi connectivity index (χ3v) is 19.9. The van der Waals surface area contributed by atoms with Crippen LogP contribution in [0.3, 0.4) is 0 Å². The third kappa shape index (κ3) is 23.1. The summed E-state index contributed by atoms with van der Waals surface area (Å²) in [6.07, 6.45) is 0.366. The lowest BCUT2D eigenvalue weighted by molar-refractivity contribution is -0.148. The minimum absolute atomic E-state index is 0.0654. The first-order valence-electron chi connectivity index (χ1n) is 33.1. The van der Waals surface area contributed by atoms with Crippen LogP contribution < -0.4 is 37.6 Å². The molecule has 26 nitrogen and oxygen atoms in total. The second-order valence-electron chi connectivity index (χ2n) is 26.0. The number of likely N-dealkylation sites (N-methyl/N-ethyl adjacent to an activating group) is 2. The minimum atomic E-state index is -1.12. The number of likely N-dealkylation sites (tertiary alicyclic amines) is 1. The number of imide groups is 1. The number of nitrogens with zero attached hydrogens (tertiary/aromatic N) is 4. The summed E-state index contributed by atoms with van der Waals surface area (Å²) in [5.41, 5.74) is 6.77. The van der Waals surface area contributed by atoms with Crippen LogP contribution in [0.5, 0.6) is 0 Å². The highest BCUT2D eigenvalue weighted by Gasteiger charge is 2.44. The molecule has 534 valence electrons. The molecule has 0 aromatic heterocycles. The van der Waals surface area contributed by atoms with E-state index in [2.05, 4.69) is 63.8 Å². The van der Waals surface area contributed by atoms with Crippen molar-refractivity contribution in [3.8, 4) is 0 Å². The normalized spacial score (nSPS) is 17.5. The molecule has 12 amide bonds. The number of primary amides is 1. The second kappa shape index (κ2) is 39.4. The first-order valence-corrected chi connectivity index (χ1v) is 34.7. The zero-order chi connectivity index (χ0) is 71.8. The van der Waals surface area contributed by atoms with Crippen molar-refractivity contribution in [2.75, 3.05) is 53.3 Å². The monoisotopic (exact) mass is 1470 g/mol. The van der Waals surface area contributed by atoms with Crippen LogP contribution >= 0.6 is 31.9 Å². The van der Waals surface area contributed by atoms with E-state index in [1.54, 1.807) is 109 Å². The van der Waals surface area contributed by atoms with Gasteiger partial charge in [-0.05, 0) is 124 Å². The third-order valence-electron chi connectivity index (χ3n) is 17.9. The Hall–Kier alpha value is -7.01. The predicted octanol–water partition coefficient (Wildman–Crippen LogP) is 6.52. The van der Waals surface area contributed by atoms with E-state index in [-0.39, 0.29) is 78.0 Å². The lowest BCUT2D eigenvalue weighted by atomic mass is 9.89. The van der Waals surface area contributed by atoms with Crippen molar-refractivity contribution >= 4 is 103 Å². The van der Waals surface area contributed by atoms with Crippen molar-refractivity contribution in [3.05, 3.63) is 74.7 Å². The Balaban J connectivity index is 1.37. The van der Waals surface area contributed by atoms with E-state index < -0.39 is 132 Å². The average molecular weight is 1470 g/mol. The highest BCUT2D eigenvalue weighted by molar-refractivity contribution is 9.14. The number of hydrogen-bond donors (Lipinski definition) is 8. The van der Waals surface area contributed by atoms with Gasteiger partial charge in [0.1, 0.15) is 39.7 Å². The average Bonchev–Trinajstić information content (AvgIpc) is 1.47. The summed E-state index contributed by atoms with van der Waals surface area (Å²) in [5.74, 6) is -6.21. The molecule has 28 heteroatoms. The summed E-state index contributed by atoms with van der Waals surface area (Å²) in [6, 6.07) is 8.69. The van der Waals surface area contributed by atoms with Crippen molar-refractivity contribution in [1.82, 2.24) is 46.2 Å². The molecule has 0 aliphatic carbocycles. The molecule has 2 aromatic carbocycles. The second-order valence-corrected chi connectivity index (χ2v) is 27.6. The van der Waals surface area contributed by atoms with Crippen molar-refractivity contribution in [2.24, 2.45) is 35.3 Å². The van der Waals surface area contributed by atoms with Crippen molar-refractivity contribution in [1.29, 1.82) is 0 Å². The van der Waals surface area contributed by atoms with Crippen LogP contribution in [-0.4, -0.2) is 192 Å². The molecule has 1 fully saturated rings. The van der Waals surface area contributed by atoms with Crippen LogP contribution in [0.1, 0.15) is 151 Å². The van der Waals surface area contributed by atoms with E-state index in [1.807, 2.05) is 32.0 Å². The number of rotatable bonds is 38. The highest BCUT2D eigenvalue weighted by atomic mass is 79.9. The molecule has 4 rings (SSSR count). The molecule has 1 saturated heterocycles. The van der Waals surface area contributed by atoms with Gasteiger partial charge in [0.05, 0.1) is 48.8 Å². The summed E-state index contributed by atoms with van der Waals surface area (Å²) in [4.78, 5) is 154. The van der Waals surface area contributed by atoms with E-state index >= 15 is 0 Å². The SMILES string of the molecule is CC[C@H](C)C([C@@H](CC(=O)N1CCC[C@H]1[C@H](OC)[C@@H](C)C(=O)N[C@H](C)[C@@H](O)c1ccccc1)OC)N(C)C(=O)C(NC(=O)[C@H](C(C)C)N(C)C(=O)OCc1ccc(NC(=O)[C@H](CCCNC(N)=O)NC(=O)[C@@H](NC(=O)CCCCCN2C(=O)C(Br)=C(Br)C2=O)C(C)C)cc1)C(C)C. The fourth-order valence-corrected chi connectivity index (χ4v) is 12.9. The van der Waals surface area contributed by atoms with Gasteiger partial charge in [0.2, 0.25) is 41.4 Å². The molecule has 2 heterocycles. The minimum Gasteiger partial charge on any atom is -0.445 e. The van der Waals surface area contributed by atoms with Gasteiger partial charge in [-0.25, -0.2) is 9.59 Å². The molecule has 0 radical (unpaired) electrons. The predicted molar refractivity (Wildman–Crippen MR) is 369 cm³/mol. The van der Waals surface area contributed by atoms with Gasteiger partial charge in [-0.1, -0.05) is 118 Å². The zero-order valence-electron chi connectivity index (χ0n) is 58.0. The molecule has 2 aliphatic heterocycles. The Labute approximate surface area is 582 Å². The summed E-state index contributed by atoms with van der Waals surface area (Å²) >= 11 is 6.21. The smallest absolute Gasteiger partial charge is 0.410 e. The van der Waals surface area contributed by atoms with Gasteiger partial charge in [-0.2, -0.15) is 0 Å². The summed E-state index contributed by atoms with van der Waals surface area (Å²) in [6.45, 7) is 18.5. The summed E-state index contributed by atoms with van der Waals surface area (Å²) < 4.78 is 18.1. The van der Waals surface area contributed by atoms with Crippen LogP contribution in [-0.2, 0) is 64.0 Å². The Morgan fingerprint density at radius 2 is 1.34 bits per heavy atom. The van der Waals surface area contributed by atoms with E-state index in [9.17, 15) is 57.8 Å². The molecule has 2 aliphatic rings. The number of halogens is 2. The van der Waals surface area contributed by atoms with Crippen LogP contribution in [0.4, 0.5) is 15.3 Å². The number of aliphatic hydroxyl groups excluding tert-OH is 1. The molecule has 2 unspecified atom stereocenters. The van der Waals surface area contributed by atoms with Gasteiger partial charge in [0.15, 0.2) is 0 Å². The Bertz CT molecular complexity index is 2990. The fourth-order valence-electron chi connectivity index (χ4n) is 12.1. The van der Waals surface area contributed by atoms with Gasteiger partial charge >= 0.3 is 12.1 Å². The van der Waals surface area contributed by atoms with E-state index in [0.29, 0.717) is 61.9 Å². The molecule has 9 N–H and O–H groups in total. The summed E-state index contributed by atoms with van der Waals surface area (Å²) in [5, 5.41) is 27.6. The summed E-state index contributed by atoms with van der Waals surface area (Å²) in [7, 11) is 6.07. The van der Waals surface area contributed by atoms with Crippen molar-refractivity contribution in [2.45, 2.75) is 201 Å². The number of benzene rings is 2. The molecule has 2 aromatic rings. The standard InChI is InChI=1S/C68H103Br2N11O15/c1-15-41(8)57(49(94-13)36-51(83)80-35-23-27-48(80)59(95-14)42(9)60(85)73-43(10)58(84)45-24-18-16-19-25-45)78(11)66(91)55(39(4)5)77-63(88)56(40(6)7)79(12)68(93)96-37-44-29-31-46(32-30-44)74-61(86)47(26-22-33-72-67(71)92)75-62(87)54(38(2)3)76-50(82)28-20-17-21-34-81-64(89)52(69)53(70)65(81)90/h16,18-19,24-25,29-32,38-43,47-49,54-59,84H,15,17,20-23,26-28,33-37H2,1-14H3,(H,73,85)(H,74,86)(H,75,87)(H,76,82)(H,77,88)(H3,71,72,92)/t41-,42+,43+,47-,48-,49+,54-,55?,56-,57?,58+,59+/m0/s1. The van der Waals surface area contributed by atoms with Crippen molar-refractivity contribution in [3.63, 3.8) is 0 Å². The molecule has 0 spiro atoms. The number of nitrogens with two attached hydrogens (primary N) is 1. The van der Waals surface area contributed by atoms with Gasteiger partial charge in [0.25, 0.3) is 11.8 Å². The Morgan fingerprint density at radius 1 is 0.719 bits per heavy atom. The number of carbonyl (C=O) groups is 11. The molecular formula is C68H103Br2N11O15. The number of anilines is 1. The number of methoxy groups -OCH3 is 2. The fraction of sp³-hybridized carbons (Fsp3) is 0.632. The van der Waals surface area contributed by atoms with Gasteiger partial charge in [0, 0.05) is 60.1 Å². The number of nitrogens with one attached hydrogen (secondary N) is 6. The number of amides is 12. The van der Waals surface area contributed by atoms with Crippen LogP contribution in [0.25, 0.3) is 0 Å². The van der Waals surface area contributed by atoms with Crippen LogP contribution in [0.15, 0.2) is 63.6 Å². The number of ether oxygens (including phenoxy) is 3. The van der Waals surface area contributed by atoms with Gasteiger partial charge < -0.3 is 66.8 Å². The van der Waals surface area contributed by atoms with E-state index in [0.717, 1.165) is 4.90 Å². The molecule has 12 atom stereocenters. The Kier molecular flexibility index (Phi) is 33.4. The lowest BCUT2D eigenvalue weighted by Gasteiger charge is -2.41. The molecule has 0 bridgehead atoms. The highest BCUT2D eigenvalue weighted by Crippen LogP contribution is 2.32. The maximum Gasteiger partial charge on any atom is 0.410 e. The Morgan fingerprint density at radius 3 is 1.91 bits per heavy atom. The number of hydrogen-bond acceptors (Lipinski definition) is 15. The van der Waals surface area contributed by atoms with Gasteiger partial charge in [-0.3, -0.25) is 53.0 Å². The molecule has 0 saturated carbocycles. The zero-order valence-corrected chi connectivity index (χ0v) is 61.2. The van der Waals surface area contributed by atoms with E-state index in [1.165, 1.54) is 26.2 Å². The first-order chi connectivity index (χ1) is 45.3. The maximum atomic E-state index is 14.8. The number of unbranched alkanes of at least 4 members (excludes halogenated alkanes) is 2. The quantitative estimate of drug-likeness (QED) is 0.0262.